The van der Waals surface area contributed by atoms with Crippen molar-refractivity contribution in [1.29, 1.82) is 0 Å². The van der Waals surface area contributed by atoms with Crippen LogP contribution in [0.1, 0.15) is 33.6 Å². The van der Waals surface area contributed by atoms with Crippen molar-refractivity contribution in [2.24, 2.45) is 11.3 Å². The minimum absolute atomic E-state index is 0.103. The Morgan fingerprint density at radius 3 is 2.38 bits per heavy atom. The summed E-state index contributed by atoms with van der Waals surface area (Å²) in [6.45, 7) is 7.94. The summed E-state index contributed by atoms with van der Waals surface area (Å²) in [7, 11) is 0. The quantitative estimate of drug-likeness (QED) is 0.790. The van der Waals surface area contributed by atoms with Crippen LogP contribution in [0.5, 0.6) is 0 Å². The minimum atomic E-state index is -4.23. The van der Waals surface area contributed by atoms with Crippen LogP contribution in [0.4, 0.5) is 13.2 Å². The van der Waals surface area contributed by atoms with E-state index >= 15 is 0 Å². The zero-order chi connectivity index (χ0) is 15.7. The normalized spacial score (nSPS) is 28.9. The molecule has 0 bridgehead atoms. The number of piperazine rings is 1. The molecular weight excluding hydrogens is 281 g/mol. The number of ether oxygens (including phenoxy) is 1. The fraction of sp³-hybridized carbons (Fsp3) is 1.00. The largest absolute Gasteiger partial charge is 0.411 e. The smallest absolute Gasteiger partial charge is 0.371 e. The molecule has 1 saturated heterocycles. The molecule has 1 heterocycles. The van der Waals surface area contributed by atoms with E-state index in [1.807, 2.05) is 0 Å². The van der Waals surface area contributed by atoms with Crippen molar-refractivity contribution in [2.75, 3.05) is 32.8 Å². The molecule has 1 aliphatic heterocycles. The molecule has 0 aromatic carbocycles. The van der Waals surface area contributed by atoms with Crippen LogP contribution in [0.3, 0.4) is 0 Å². The predicted octanol–water partition coefficient (Wildman–Crippen LogP) is 2.66. The summed E-state index contributed by atoms with van der Waals surface area (Å²) in [5.41, 5.74) is 0.103. The SMILES string of the molecule is CC(C)(C)C1CNC(C2CC2)CN1CCOCC(F)(F)F. The van der Waals surface area contributed by atoms with Crippen LogP contribution in [0, 0.1) is 11.3 Å². The Morgan fingerprint density at radius 2 is 1.86 bits per heavy atom. The van der Waals surface area contributed by atoms with E-state index in [2.05, 4.69) is 31.0 Å². The summed E-state index contributed by atoms with van der Waals surface area (Å²) in [4.78, 5) is 2.32. The zero-order valence-corrected chi connectivity index (χ0v) is 13.2. The van der Waals surface area contributed by atoms with Crippen molar-refractivity contribution in [3.63, 3.8) is 0 Å². The van der Waals surface area contributed by atoms with Gasteiger partial charge < -0.3 is 10.1 Å². The second kappa shape index (κ2) is 6.42. The second-order valence-electron chi connectivity index (χ2n) is 7.40. The van der Waals surface area contributed by atoms with E-state index in [4.69, 9.17) is 4.74 Å². The minimum Gasteiger partial charge on any atom is -0.371 e. The molecule has 124 valence electrons. The summed E-state index contributed by atoms with van der Waals surface area (Å²) >= 11 is 0. The molecule has 0 radical (unpaired) electrons. The van der Waals surface area contributed by atoms with Gasteiger partial charge in [0, 0.05) is 31.7 Å². The molecule has 0 spiro atoms. The zero-order valence-electron chi connectivity index (χ0n) is 13.2. The molecule has 0 amide bonds. The van der Waals surface area contributed by atoms with E-state index in [0.29, 0.717) is 18.6 Å². The lowest BCUT2D eigenvalue weighted by Gasteiger charge is -2.46. The van der Waals surface area contributed by atoms with Crippen molar-refractivity contribution in [3.8, 4) is 0 Å². The second-order valence-corrected chi connectivity index (χ2v) is 7.40. The summed E-state index contributed by atoms with van der Waals surface area (Å²) in [6.07, 6.45) is -1.68. The van der Waals surface area contributed by atoms with Gasteiger partial charge in [0.15, 0.2) is 0 Å². The number of halogens is 3. The Morgan fingerprint density at radius 1 is 1.19 bits per heavy atom. The molecule has 2 fully saturated rings. The Labute approximate surface area is 125 Å². The van der Waals surface area contributed by atoms with Gasteiger partial charge >= 0.3 is 6.18 Å². The average Bonchev–Trinajstić information content (AvgIpc) is 3.16. The molecular formula is C15H27F3N2O. The first kappa shape index (κ1) is 17.0. The molecule has 1 N–H and O–H groups in total. The summed E-state index contributed by atoms with van der Waals surface area (Å²) < 4.78 is 41.1. The van der Waals surface area contributed by atoms with Crippen molar-refractivity contribution in [1.82, 2.24) is 10.2 Å². The predicted molar refractivity (Wildman–Crippen MR) is 76.2 cm³/mol. The van der Waals surface area contributed by atoms with E-state index in [9.17, 15) is 13.2 Å². The van der Waals surface area contributed by atoms with Gasteiger partial charge in [0.2, 0.25) is 0 Å². The Hall–Kier alpha value is -0.330. The fourth-order valence-corrected chi connectivity index (χ4v) is 3.12. The third-order valence-electron chi connectivity index (χ3n) is 4.42. The average molecular weight is 308 g/mol. The number of alkyl halides is 3. The van der Waals surface area contributed by atoms with Gasteiger partial charge in [0.25, 0.3) is 0 Å². The lowest BCUT2D eigenvalue weighted by molar-refractivity contribution is -0.175. The molecule has 1 saturated carbocycles. The maximum Gasteiger partial charge on any atom is 0.411 e. The first-order valence-electron chi connectivity index (χ1n) is 7.79. The number of hydrogen-bond donors (Lipinski definition) is 1. The standard InChI is InChI=1S/C15H27F3N2O/c1-14(2,3)13-8-19-12(11-4-5-11)9-20(13)6-7-21-10-15(16,17)18/h11-13,19H,4-10H2,1-3H3. The monoisotopic (exact) mass is 308 g/mol. The first-order chi connectivity index (χ1) is 9.67. The van der Waals surface area contributed by atoms with E-state index in [1.54, 1.807) is 0 Å². The van der Waals surface area contributed by atoms with E-state index in [-0.39, 0.29) is 12.0 Å². The summed E-state index contributed by atoms with van der Waals surface area (Å²) in [6, 6.07) is 0.827. The van der Waals surface area contributed by atoms with Gasteiger partial charge in [-0.05, 0) is 24.2 Å². The molecule has 2 aliphatic rings. The molecule has 0 aromatic rings. The van der Waals surface area contributed by atoms with Crippen LogP contribution in [-0.4, -0.2) is 56.0 Å². The van der Waals surface area contributed by atoms with Crippen LogP contribution in [0.25, 0.3) is 0 Å². The third-order valence-corrected chi connectivity index (χ3v) is 4.42. The van der Waals surface area contributed by atoms with Gasteiger partial charge in [0.1, 0.15) is 6.61 Å². The lowest BCUT2D eigenvalue weighted by atomic mass is 9.83. The molecule has 2 unspecified atom stereocenters. The van der Waals surface area contributed by atoms with E-state index < -0.39 is 12.8 Å². The van der Waals surface area contributed by atoms with Crippen LogP contribution < -0.4 is 5.32 Å². The van der Waals surface area contributed by atoms with Crippen molar-refractivity contribution in [3.05, 3.63) is 0 Å². The summed E-state index contributed by atoms with van der Waals surface area (Å²) in [5, 5.41) is 3.62. The number of nitrogens with zero attached hydrogens (tertiary/aromatic N) is 1. The van der Waals surface area contributed by atoms with Crippen LogP contribution in [-0.2, 0) is 4.74 Å². The Kier molecular flexibility index (Phi) is 5.21. The number of rotatable bonds is 5. The van der Waals surface area contributed by atoms with Gasteiger partial charge in [0.05, 0.1) is 6.61 Å². The molecule has 3 nitrogen and oxygen atoms in total. The highest BCUT2D eigenvalue weighted by Gasteiger charge is 2.40. The molecule has 1 aliphatic carbocycles. The highest BCUT2D eigenvalue weighted by Crippen LogP contribution is 2.36. The lowest BCUT2D eigenvalue weighted by Crippen LogP contribution is -2.61. The van der Waals surface area contributed by atoms with Crippen molar-refractivity contribution >= 4 is 0 Å². The topological polar surface area (TPSA) is 24.5 Å². The Bertz CT molecular complexity index is 337. The third kappa shape index (κ3) is 5.42. The molecule has 2 rings (SSSR count). The first-order valence-corrected chi connectivity index (χ1v) is 7.79. The Balaban J connectivity index is 1.84. The fourth-order valence-electron chi connectivity index (χ4n) is 3.12. The van der Waals surface area contributed by atoms with Crippen LogP contribution in [0.2, 0.25) is 0 Å². The van der Waals surface area contributed by atoms with Crippen molar-refractivity contribution < 1.29 is 17.9 Å². The van der Waals surface area contributed by atoms with Gasteiger partial charge in [-0.25, -0.2) is 0 Å². The molecule has 6 heteroatoms. The highest BCUT2D eigenvalue weighted by molar-refractivity contribution is 4.97. The maximum atomic E-state index is 12.1. The van der Waals surface area contributed by atoms with E-state index in [1.165, 1.54) is 12.8 Å². The van der Waals surface area contributed by atoms with Crippen LogP contribution in [0.15, 0.2) is 0 Å². The van der Waals surface area contributed by atoms with Crippen molar-refractivity contribution in [2.45, 2.75) is 51.9 Å². The number of hydrogen-bond acceptors (Lipinski definition) is 3. The number of nitrogens with one attached hydrogen (secondary N) is 1. The molecule has 0 aromatic heterocycles. The van der Waals surface area contributed by atoms with Gasteiger partial charge in [-0.3, -0.25) is 4.90 Å². The molecule has 2 atom stereocenters. The van der Waals surface area contributed by atoms with Crippen LogP contribution >= 0.6 is 0 Å². The van der Waals surface area contributed by atoms with Gasteiger partial charge in [-0.1, -0.05) is 20.8 Å². The van der Waals surface area contributed by atoms with Gasteiger partial charge in [-0.2, -0.15) is 13.2 Å². The highest BCUT2D eigenvalue weighted by atomic mass is 19.4. The summed E-state index contributed by atoms with van der Waals surface area (Å²) in [5.74, 6) is 0.754. The van der Waals surface area contributed by atoms with E-state index in [0.717, 1.165) is 19.0 Å². The molecule has 21 heavy (non-hydrogen) atoms. The maximum absolute atomic E-state index is 12.1. The van der Waals surface area contributed by atoms with Gasteiger partial charge in [-0.15, -0.1) is 0 Å².